The minimum Gasteiger partial charge on any atom is -0.380 e. The van der Waals surface area contributed by atoms with E-state index in [2.05, 4.69) is 18.8 Å². The van der Waals surface area contributed by atoms with Gasteiger partial charge in [0.1, 0.15) is 0 Å². The minimum absolute atomic E-state index is 0.318. The van der Waals surface area contributed by atoms with Crippen LogP contribution in [0, 0.1) is 0 Å². The van der Waals surface area contributed by atoms with E-state index >= 15 is 0 Å². The number of allylic oxidation sites excluding steroid dienone is 1. The molecule has 66 valence electrons. The third-order valence-corrected chi connectivity index (χ3v) is 1.60. The first kappa shape index (κ1) is 10.7. The van der Waals surface area contributed by atoms with Crippen molar-refractivity contribution in [2.45, 2.75) is 25.9 Å². The van der Waals surface area contributed by atoms with Crippen molar-refractivity contribution in [2.24, 2.45) is 0 Å². The van der Waals surface area contributed by atoms with Crippen molar-refractivity contribution in [3.63, 3.8) is 0 Å². The maximum atomic E-state index is 5.07. The molecule has 0 radical (unpaired) electrons. The largest absolute Gasteiger partial charge is 0.380 e. The second-order valence-corrected chi connectivity index (χ2v) is 2.68. The smallest absolute Gasteiger partial charge is 0.0667 e. The first-order chi connectivity index (χ1) is 5.31. The molecular formula is C9H19NO. The number of hydrogen-bond acceptors (Lipinski definition) is 2. The van der Waals surface area contributed by atoms with Gasteiger partial charge >= 0.3 is 0 Å². The Balaban J connectivity index is 2.95. The molecule has 0 rings (SSSR count). The van der Waals surface area contributed by atoms with Crippen molar-refractivity contribution in [1.82, 2.24) is 5.32 Å². The Morgan fingerprint density at radius 1 is 1.64 bits per heavy atom. The monoisotopic (exact) mass is 157 g/mol. The van der Waals surface area contributed by atoms with Gasteiger partial charge in [0.2, 0.25) is 0 Å². The first-order valence-electron chi connectivity index (χ1n) is 4.15. The second-order valence-electron chi connectivity index (χ2n) is 2.68. The lowest BCUT2D eigenvalue weighted by Crippen LogP contribution is -2.26. The van der Waals surface area contributed by atoms with E-state index in [9.17, 15) is 0 Å². The van der Waals surface area contributed by atoms with E-state index in [1.807, 2.05) is 6.08 Å². The molecule has 1 atom stereocenters. The van der Waals surface area contributed by atoms with E-state index in [0.29, 0.717) is 6.10 Å². The van der Waals surface area contributed by atoms with Gasteiger partial charge in [-0.15, -0.1) is 6.58 Å². The Bertz CT molecular complexity index is 93.6. The van der Waals surface area contributed by atoms with Crippen LogP contribution in [-0.4, -0.2) is 26.3 Å². The molecule has 0 bridgehead atoms. The van der Waals surface area contributed by atoms with Crippen LogP contribution in [0.1, 0.15) is 19.8 Å². The summed E-state index contributed by atoms with van der Waals surface area (Å²) in [6.07, 6.45) is 4.52. The summed E-state index contributed by atoms with van der Waals surface area (Å²) < 4.78 is 5.07. The van der Waals surface area contributed by atoms with Crippen molar-refractivity contribution in [2.75, 3.05) is 20.2 Å². The van der Waals surface area contributed by atoms with Crippen LogP contribution >= 0.6 is 0 Å². The molecule has 0 heterocycles. The molecule has 1 N–H and O–H groups in total. The van der Waals surface area contributed by atoms with E-state index < -0.39 is 0 Å². The van der Waals surface area contributed by atoms with Crippen LogP contribution in [-0.2, 0) is 4.74 Å². The highest BCUT2D eigenvalue weighted by molar-refractivity contribution is 4.66. The van der Waals surface area contributed by atoms with Crippen LogP contribution in [0.15, 0.2) is 12.7 Å². The van der Waals surface area contributed by atoms with Gasteiger partial charge in [0.05, 0.1) is 6.10 Å². The average molecular weight is 157 g/mol. The molecule has 0 amide bonds. The molecule has 0 saturated heterocycles. The van der Waals surface area contributed by atoms with Gasteiger partial charge in [-0.05, 0) is 26.3 Å². The normalized spacial score (nSPS) is 12.9. The zero-order chi connectivity index (χ0) is 8.53. The number of unbranched alkanes of at least 4 members (excludes halogenated alkanes) is 1. The van der Waals surface area contributed by atoms with Crippen molar-refractivity contribution in [1.29, 1.82) is 0 Å². The maximum absolute atomic E-state index is 5.07. The van der Waals surface area contributed by atoms with Crippen LogP contribution in [0.4, 0.5) is 0 Å². The molecule has 0 aromatic heterocycles. The third-order valence-electron chi connectivity index (χ3n) is 1.60. The van der Waals surface area contributed by atoms with Crippen molar-refractivity contribution in [3.05, 3.63) is 12.7 Å². The van der Waals surface area contributed by atoms with Crippen LogP contribution < -0.4 is 5.32 Å². The lowest BCUT2D eigenvalue weighted by Gasteiger charge is -2.09. The number of hydrogen-bond donors (Lipinski definition) is 1. The molecule has 0 aliphatic carbocycles. The lowest BCUT2D eigenvalue weighted by atomic mass is 10.3. The van der Waals surface area contributed by atoms with Gasteiger partial charge in [-0.1, -0.05) is 6.08 Å². The Morgan fingerprint density at radius 3 is 2.91 bits per heavy atom. The molecule has 2 heteroatoms. The standard InChI is InChI=1S/C9H19NO/c1-4-5-6-7-10-8-9(2)11-3/h4,9-10H,1,5-8H2,2-3H3. The van der Waals surface area contributed by atoms with E-state index in [1.54, 1.807) is 7.11 Å². The fourth-order valence-corrected chi connectivity index (χ4v) is 0.760. The third kappa shape index (κ3) is 7.56. The lowest BCUT2D eigenvalue weighted by molar-refractivity contribution is 0.117. The van der Waals surface area contributed by atoms with Crippen molar-refractivity contribution < 1.29 is 4.74 Å². The number of methoxy groups -OCH3 is 1. The van der Waals surface area contributed by atoms with Gasteiger partial charge in [-0.25, -0.2) is 0 Å². The maximum Gasteiger partial charge on any atom is 0.0667 e. The number of nitrogens with one attached hydrogen (secondary N) is 1. The van der Waals surface area contributed by atoms with Crippen LogP contribution in [0.2, 0.25) is 0 Å². The molecule has 0 aromatic carbocycles. The fraction of sp³-hybridized carbons (Fsp3) is 0.778. The molecule has 0 aliphatic rings. The zero-order valence-electron chi connectivity index (χ0n) is 7.60. The Labute approximate surface area is 69.6 Å². The van der Waals surface area contributed by atoms with Gasteiger partial charge in [0, 0.05) is 13.7 Å². The molecule has 0 fully saturated rings. The van der Waals surface area contributed by atoms with E-state index in [1.165, 1.54) is 6.42 Å². The minimum atomic E-state index is 0.318. The van der Waals surface area contributed by atoms with Gasteiger partial charge in [-0.3, -0.25) is 0 Å². The molecule has 0 spiro atoms. The number of ether oxygens (including phenoxy) is 1. The second kappa shape index (κ2) is 7.76. The zero-order valence-corrected chi connectivity index (χ0v) is 7.60. The molecule has 11 heavy (non-hydrogen) atoms. The average Bonchev–Trinajstić information content (AvgIpc) is 2.04. The Morgan fingerprint density at radius 2 is 2.36 bits per heavy atom. The van der Waals surface area contributed by atoms with Gasteiger partial charge in [-0.2, -0.15) is 0 Å². The Hall–Kier alpha value is -0.340. The summed E-state index contributed by atoms with van der Waals surface area (Å²) in [6.45, 7) is 7.71. The van der Waals surface area contributed by atoms with Crippen LogP contribution in [0.25, 0.3) is 0 Å². The fourth-order valence-electron chi connectivity index (χ4n) is 0.760. The van der Waals surface area contributed by atoms with Gasteiger partial charge in [0.15, 0.2) is 0 Å². The SMILES string of the molecule is C=CCCCNCC(C)OC. The van der Waals surface area contributed by atoms with E-state index in [-0.39, 0.29) is 0 Å². The van der Waals surface area contributed by atoms with Crippen molar-refractivity contribution in [3.8, 4) is 0 Å². The van der Waals surface area contributed by atoms with Gasteiger partial charge < -0.3 is 10.1 Å². The molecule has 0 aliphatic heterocycles. The van der Waals surface area contributed by atoms with Crippen LogP contribution in [0.5, 0.6) is 0 Å². The van der Waals surface area contributed by atoms with E-state index in [0.717, 1.165) is 19.5 Å². The Kier molecular flexibility index (Phi) is 7.52. The summed E-state index contributed by atoms with van der Waals surface area (Å²) >= 11 is 0. The molecule has 1 unspecified atom stereocenters. The van der Waals surface area contributed by atoms with Gasteiger partial charge in [0.25, 0.3) is 0 Å². The van der Waals surface area contributed by atoms with E-state index in [4.69, 9.17) is 4.74 Å². The molecule has 0 saturated carbocycles. The summed E-state index contributed by atoms with van der Waals surface area (Å²) in [4.78, 5) is 0. The molecule has 2 nitrogen and oxygen atoms in total. The molecule has 0 aromatic rings. The summed E-state index contributed by atoms with van der Waals surface area (Å²) in [5, 5.41) is 3.30. The number of rotatable bonds is 7. The summed E-state index contributed by atoms with van der Waals surface area (Å²) in [5.41, 5.74) is 0. The summed E-state index contributed by atoms with van der Waals surface area (Å²) in [6, 6.07) is 0. The predicted molar refractivity (Wildman–Crippen MR) is 48.8 cm³/mol. The highest BCUT2D eigenvalue weighted by Crippen LogP contribution is 1.88. The molecular weight excluding hydrogens is 138 g/mol. The topological polar surface area (TPSA) is 21.3 Å². The highest BCUT2D eigenvalue weighted by atomic mass is 16.5. The summed E-state index contributed by atoms with van der Waals surface area (Å²) in [7, 11) is 1.73. The van der Waals surface area contributed by atoms with Crippen LogP contribution in [0.3, 0.4) is 0 Å². The highest BCUT2D eigenvalue weighted by Gasteiger charge is 1.95. The summed E-state index contributed by atoms with van der Waals surface area (Å²) in [5.74, 6) is 0. The quantitative estimate of drug-likeness (QED) is 0.447. The predicted octanol–water partition coefficient (Wildman–Crippen LogP) is 1.58. The first-order valence-corrected chi connectivity index (χ1v) is 4.15. The van der Waals surface area contributed by atoms with Crippen molar-refractivity contribution >= 4 is 0 Å².